The van der Waals surface area contributed by atoms with Crippen LogP contribution in [0.5, 0.6) is 11.5 Å². The zero-order valence-electron chi connectivity index (χ0n) is 13.7. The second-order valence-electron chi connectivity index (χ2n) is 6.03. The van der Waals surface area contributed by atoms with E-state index in [9.17, 15) is 23.4 Å². The van der Waals surface area contributed by atoms with Crippen molar-refractivity contribution in [2.45, 2.75) is 31.2 Å². The molecule has 0 fully saturated rings. The molecule has 2 N–H and O–H groups in total. The number of halogens is 3. The van der Waals surface area contributed by atoms with E-state index in [0.717, 1.165) is 12.3 Å². The molecule has 1 aromatic carbocycles. The highest BCUT2D eigenvalue weighted by Gasteiger charge is 2.54. The highest BCUT2D eigenvalue weighted by Crippen LogP contribution is 2.39. The fraction of sp³-hybridized carbons (Fsp3) is 0.278. The number of pyridine rings is 1. The summed E-state index contributed by atoms with van der Waals surface area (Å²) in [4.78, 5) is 3.63. The number of aromatic nitrogens is 1. The first kappa shape index (κ1) is 19.0. The molecule has 0 aliphatic rings. The van der Waals surface area contributed by atoms with Gasteiger partial charge >= 0.3 is 6.18 Å². The van der Waals surface area contributed by atoms with Gasteiger partial charge in [0.05, 0.1) is 17.5 Å². The van der Waals surface area contributed by atoms with Crippen LogP contribution in [0, 0.1) is 0 Å². The van der Waals surface area contributed by atoms with E-state index in [1.165, 1.54) is 6.07 Å². The molecule has 134 valence electrons. The van der Waals surface area contributed by atoms with Gasteiger partial charge in [0.2, 0.25) is 5.60 Å². The van der Waals surface area contributed by atoms with Gasteiger partial charge in [-0.05, 0) is 49.8 Å². The quantitative estimate of drug-likeness (QED) is 0.797. The lowest BCUT2D eigenvalue weighted by molar-refractivity contribution is -0.246. The first-order chi connectivity index (χ1) is 11.5. The molecule has 7 heteroatoms. The Balaban J connectivity index is 2.19. The second kappa shape index (κ2) is 6.50. The van der Waals surface area contributed by atoms with Gasteiger partial charge in [-0.3, -0.25) is 4.98 Å². The number of nitrogens with zero attached hydrogens (tertiary/aromatic N) is 1. The van der Waals surface area contributed by atoms with Crippen LogP contribution in [-0.2, 0) is 11.2 Å². The maximum absolute atomic E-state index is 13.0. The van der Waals surface area contributed by atoms with Crippen molar-refractivity contribution in [2.75, 3.05) is 0 Å². The minimum absolute atomic E-state index is 0.202. The summed E-state index contributed by atoms with van der Waals surface area (Å²) >= 11 is 0. The summed E-state index contributed by atoms with van der Waals surface area (Å²) in [7, 11) is 0. The first-order valence-corrected chi connectivity index (χ1v) is 7.37. The molecular formula is C18H18F3NO3. The highest BCUT2D eigenvalue weighted by atomic mass is 19.4. The fourth-order valence-electron chi connectivity index (χ4n) is 2.10. The summed E-state index contributed by atoms with van der Waals surface area (Å²) in [5.41, 5.74) is -4.12. The number of alkyl halides is 3. The second-order valence-corrected chi connectivity index (χ2v) is 6.03. The minimum atomic E-state index is -4.93. The maximum atomic E-state index is 13.0. The van der Waals surface area contributed by atoms with Gasteiger partial charge in [-0.25, -0.2) is 0 Å². The molecule has 1 aromatic heterocycles. The van der Waals surface area contributed by atoms with Gasteiger partial charge in [-0.2, -0.15) is 13.2 Å². The minimum Gasteiger partial charge on any atom is -0.456 e. The molecule has 1 unspecified atom stereocenters. The molecule has 2 aromatic rings. The van der Waals surface area contributed by atoms with Crippen LogP contribution >= 0.6 is 0 Å². The molecule has 0 radical (unpaired) electrons. The molecule has 0 amide bonds. The average Bonchev–Trinajstić information content (AvgIpc) is 2.53. The molecule has 2 rings (SSSR count). The zero-order valence-corrected chi connectivity index (χ0v) is 13.7. The van der Waals surface area contributed by atoms with Crippen LogP contribution in [0.3, 0.4) is 0 Å². The van der Waals surface area contributed by atoms with Crippen LogP contribution in [-0.4, -0.2) is 21.4 Å². The van der Waals surface area contributed by atoms with Gasteiger partial charge in [0, 0.05) is 0 Å². The SMILES string of the molecule is C=CC(O)(c1ccc(Oc2ccc(C(C)(C)O)cc2)cn1)C(F)(F)F. The number of hydrogen-bond acceptors (Lipinski definition) is 4. The van der Waals surface area contributed by atoms with Crippen molar-refractivity contribution >= 4 is 0 Å². The van der Waals surface area contributed by atoms with Crippen LogP contribution in [0.15, 0.2) is 55.3 Å². The predicted molar refractivity (Wildman–Crippen MR) is 86.1 cm³/mol. The van der Waals surface area contributed by atoms with Crippen LogP contribution in [0.4, 0.5) is 13.2 Å². The Morgan fingerprint density at radius 2 is 1.56 bits per heavy atom. The van der Waals surface area contributed by atoms with Crippen molar-refractivity contribution in [3.05, 3.63) is 66.5 Å². The Kier molecular flexibility index (Phi) is 4.92. The summed E-state index contributed by atoms with van der Waals surface area (Å²) in [6, 6.07) is 8.89. The van der Waals surface area contributed by atoms with Gasteiger partial charge in [-0.15, -0.1) is 0 Å². The Labute approximate surface area is 143 Å². The Hall–Kier alpha value is -2.38. The van der Waals surface area contributed by atoms with E-state index in [1.54, 1.807) is 38.1 Å². The topological polar surface area (TPSA) is 62.6 Å². The van der Waals surface area contributed by atoms with Crippen molar-refractivity contribution in [3.63, 3.8) is 0 Å². The number of benzene rings is 1. The molecule has 1 atom stereocenters. The summed E-state index contributed by atoms with van der Waals surface area (Å²) < 4.78 is 44.4. The normalized spacial score (nSPS) is 14.7. The van der Waals surface area contributed by atoms with Crippen molar-refractivity contribution in [2.24, 2.45) is 0 Å². The van der Waals surface area contributed by atoms with E-state index in [-0.39, 0.29) is 5.75 Å². The van der Waals surface area contributed by atoms with Gasteiger partial charge in [-0.1, -0.05) is 18.7 Å². The summed E-state index contributed by atoms with van der Waals surface area (Å²) in [6.45, 7) is 6.32. The van der Waals surface area contributed by atoms with Crippen molar-refractivity contribution < 1.29 is 28.1 Å². The van der Waals surface area contributed by atoms with Crippen molar-refractivity contribution in [1.82, 2.24) is 4.98 Å². The van der Waals surface area contributed by atoms with E-state index in [4.69, 9.17) is 4.74 Å². The third-order valence-corrected chi connectivity index (χ3v) is 3.65. The van der Waals surface area contributed by atoms with Gasteiger partial charge in [0.1, 0.15) is 11.5 Å². The number of hydrogen-bond donors (Lipinski definition) is 2. The van der Waals surface area contributed by atoms with Crippen molar-refractivity contribution in [1.29, 1.82) is 0 Å². The zero-order chi connectivity index (χ0) is 18.9. The van der Waals surface area contributed by atoms with Crippen LogP contribution in [0.25, 0.3) is 0 Å². The van der Waals surface area contributed by atoms with Crippen LogP contribution in [0.2, 0.25) is 0 Å². The monoisotopic (exact) mass is 353 g/mol. The molecular weight excluding hydrogens is 335 g/mol. The molecule has 0 aliphatic heterocycles. The lowest BCUT2D eigenvalue weighted by Crippen LogP contribution is -2.40. The van der Waals surface area contributed by atoms with E-state index < -0.39 is 23.1 Å². The largest absolute Gasteiger partial charge is 0.456 e. The van der Waals surface area contributed by atoms with Gasteiger partial charge in [0.25, 0.3) is 0 Å². The van der Waals surface area contributed by atoms with Crippen LogP contribution < -0.4 is 4.74 Å². The molecule has 25 heavy (non-hydrogen) atoms. The number of aliphatic hydroxyl groups is 2. The molecule has 1 heterocycles. The predicted octanol–water partition coefficient (Wildman–Crippen LogP) is 4.04. The molecule has 0 aliphatic carbocycles. The summed E-state index contributed by atoms with van der Waals surface area (Å²) in [5, 5.41) is 19.6. The molecule has 0 spiro atoms. The van der Waals surface area contributed by atoms with E-state index in [0.29, 0.717) is 17.4 Å². The van der Waals surface area contributed by atoms with Gasteiger partial charge < -0.3 is 14.9 Å². The lowest BCUT2D eigenvalue weighted by Gasteiger charge is -2.26. The number of rotatable bonds is 5. The third-order valence-electron chi connectivity index (χ3n) is 3.65. The van der Waals surface area contributed by atoms with Crippen LogP contribution in [0.1, 0.15) is 25.1 Å². The van der Waals surface area contributed by atoms with E-state index in [2.05, 4.69) is 11.6 Å². The fourth-order valence-corrected chi connectivity index (χ4v) is 2.10. The molecule has 0 saturated carbocycles. The van der Waals surface area contributed by atoms with Crippen molar-refractivity contribution in [3.8, 4) is 11.5 Å². The Bertz CT molecular complexity index is 734. The highest BCUT2D eigenvalue weighted by molar-refractivity contribution is 5.35. The average molecular weight is 353 g/mol. The smallest absolute Gasteiger partial charge is 0.426 e. The molecule has 0 bridgehead atoms. The lowest BCUT2D eigenvalue weighted by atomic mass is 9.98. The third kappa shape index (κ3) is 4.00. The van der Waals surface area contributed by atoms with Gasteiger partial charge in [0.15, 0.2) is 0 Å². The first-order valence-electron chi connectivity index (χ1n) is 7.37. The standard InChI is InChI=1S/C18H18F3NO3/c1-4-17(24,18(19,20)21)15-10-9-14(11-22-15)25-13-7-5-12(6-8-13)16(2,3)23/h4-11,23-24H,1H2,2-3H3. The molecule has 4 nitrogen and oxygen atoms in total. The Morgan fingerprint density at radius 1 is 1.00 bits per heavy atom. The summed E-state index contributed by atoms with van der Waals surface area (Å²) in [6.07, 6.45) is -3.46. The summed E-state index contributed by atoms with van der Waals surface area (Å²) in [5.74, 6) is 0.630. The van der Waals surface area contributed by atoms with E-state index in [1.807, 2.05) is 0 Å². The molecule has 0 saturated heterocycles. The van der Waals surface area contributed by atoms with E-state index >= 15 is 0 Å². The maximum Gasteiger partial charge on any atom is 0.426 e. The number of ether oxygens (including phenoxy) is 1. The Morgan fingerprint density at radius 3 is 1.96 bits per heavy atom.